The SMILES string of the molecule is Cc1ccc2c(c1)C1(c3ccccc3-c3cc4ccccc4cc31)c1cc(-c3ccccc3)ccc1-2. The van der Waals surface area contributed by atoms with Crippen molar-refractivity contribution in [2.75, 3.05) is 0 Å². The molecular weight excluding hydrogens is 432 g/mol. The maximum absolute atomic E-state index is 2.46. The molecule has 0 amide bonds. The Kier molecular flexibility index (Phi) is 3.89. The molecule has 0 fully saturated rings. The van der Waals surface area contributed by atoms with E-state index in [9.17, 15) is 0 Å². The summed E-state index contributed by atoms with van der Waals surface area (Å²) in [5, 5.41) is 2.59. The van der Waals surface area contributed by atoms with Crippen molar-refractivity contribution in [1.82, 2.24) is 0 Å². The number of benzene rings is 6. The van der Waals surface area contributed by atoms with E-state index in [4.69, 9.17) is 0 Å². The molecule has 6 aromatic rings. The van der Waals surface area contributed by atoms with Crippen molar-refractivity contribution in [3.8, 4) is 33.4 Å². The molecule has 0 aromatic heterocycles. The minimum absolute atomic E-state index is 0.322. The van der Waals surface area contributed by atoms with Crippen molar-refractivity contribution in [3.63, 3.8) is 0 Å². The maximum atomic E-state index is 2.46. The van der Waals surface area contributed by atoms with Gasteiger partial charge in [0, 0.05) is 0 Å². The van der Waals surface area contributed by atoms with E-state index < -0.39 is 0 Å². The van der Waals surface area contributed by atoms with Gasteiger partial charge < -0.3 is 0 Å². The first-order valence-electron chi connectivity index (χ1n) is 12.7. The van der Waals surface area contributed by atoms with Gasteiger partial charge in [0.15, 0.2) is 0 Å². The van der Waals surface area contributed by atoms with Gasteiger partial charge in [0.25, 0.3) is 0 Å². The Labute approximate surface area is 211 Å². The van der Waals surface area contributed by atoms with Crippen LogP contribution in [-0.4, -0.2) is 0 Å². The third-order valence-electron chi connectivity index (χ3n) is 8.31. The van der Waals surface area contributed by atoms with Gasteiger partial charge in [0.1, 0.15) is 0 Å². The van der Waals surface area contributed by atoms with Crippen LogP contribution in [0.15, 0.2) is 127 Å². The highest BCUT2D eigenvalue weighted by atomic mass is 14.5. The Hall–Kier alpha value is -4.42. The Morgan fingerprint density at radius 2 is 1.00 bits per heavy atom. The summed E-state index contributed by atoms with van der Waals surface area (Å²) in [5.41, 5.74) is 14.5. The van der Waals surface area contributed by atoms with E-state index in [0.29, 0.717) is 0 Å². The van der Waals surface area contributed by atoms with E-state index in [1.54, 1.807) is 0 Å². The van der Waals surface area contributed by atoms with Gasteiger partial charge in [-0.15, -0.1) is 0 Å². The zero-order valence-electron chi connectivity index (χ0n) is 20.1. The summed E-state index contributed by atoms with van der Waals surface area (Å²) in [6.45, 7) is 2.22. The second kappa shape index (κ2) is 7.06. The fourth-order valence-corrected chi connectivity index (χ4v) is 6.79. The predicted molar refractivity (Wildman–Crippen MR) is 150 cm³/mol. The first-order valence-corrected chi connectivity index (χ1v) is 12.7. The predicted octanol–water partition coefficient (Wildman–Crippen LogP) is 9.16. The summed E-state index contributed by atoms with van der Waals surface area (Å²) < 4.78 is 0. The minimum atomic E-state index is -0.322. The van der Waals surface area contributed by atoms with Crippen LogP contribution in [0.5, 0.6) is 0 Å². The van der Waals surface area contributed by atoms with Gasteiger partial charge in [0.2, 0.25) is 0 Å². The molecule has 8 rings (SSSR count). The largest absolute Gasteiger partial charge is 0.0726 e. The van der Waals surface area contributed by atoms with Crippen molar-refractivity contribution in [1.29, 1.82) is 0 Å². The summed E-state index contributed by atoms with van der Waals surface area (Å²) in [7, 11) is 0. The first kappa shape index (κ1) is 19.8. The van der Waals surface area contributed by atoms with Gasteiger partial charge in [-0.05, 0) is 91.5 Å². The molecular formula is C36H24. The fraction of sp³-hybridized carbons (Fsp3) is 0.0556. The van der Waals surface area contributed by atoms with Crippen LogP contribution < -0.4 is 0 Å². The lowest BCUT2D eigenvalue weighted by atomic mass is 9.70. The van der Waals surface area contributed by atoms with Gasteiger partial charge in [-0.25, -0.2) is 0 Å². The van der Waals surface area contributed by atoms with E-state index in [0.717, 1.165) is 0 Å². The quantitative estimate of drug-likeness (QED) is 0.231. The number of hydrogen-bond acceptors (Lipinski definition) is 0. The van der Waals surface area contributed by atoms with Crippen LogP contribution in [0.1, 0.15) is 27.8 Å². The molecule has 1 spiro atoms. The highest BCUT2D eigenvalue weighted by molar-refractivity contribution is 6.00. The molecule has 0 heteroatoms. The van der Waals surface area contributed by atoms with Gasteiger partial charge in [0.05, 0.1) is 5.41 Å². The van der Waals surface area contributed by atoms with Crippen molar-refractivity contribution >= 4 is 10.8 Å². The van der Waals surface area contributed by atoms with E-state index in [1.807, 2.05) is 0 Å². The van der Waals surface area contributed by atoms with Crippen molar-refractivity contribution < 1.29 is 0 Å². The van der Waals surface area contributed by atoms with Gasteiger partial charge in [-0.1, -0.05) is 115 Å². The molecule has 168 valence electrons. The second-order valence-electron chi connectivity index (χ2n) is 10.2. The number of rotatable bonds is 1. The third-order valence-corrected chi connectivity index (χ3v) is 8.31. The molecule has 1 unspecified atom stereocenters. The normalized spacial score (nSPS) is 16.6. The van der Waals surface area contributed by atoms with Crippen LogP contribution in [-0.2, 0) is 5.41 Å². The summed E-state index contributed by atoms with van der Waals surface area (Å²) in [6.07, 6.45) is 0. The van der Waals surface area contributed by atoms with Crippen LogP contribution in [0.4, 0.5) is 0 Å². The second-order valence-corrected chi connectivity index (χ2v) is 10.2. The standard InChI is InChI=1S/C36H24/c1-23-15-17-29-30-18-16-27(24-9-3-2-4-10-24)22-34(30)36(33(29)19-23)32-14-8-7-13-28(32)31-20-25-11-5-6-12-26(25)21-35(31)36/h2-22H,1H3. The molecule has 0 saturated carbocycles. The topological polar surface area (TPSA) is 0 Å². The summed E-state index contributed by atoms with van der Waals surface area (Å²) in [4.78, 5) is 0. The van der Waals surface area contributed by atoms with E-state index >= 15 is 0 Å². The molecule has 0 nitrogen and oxygen atoms in total. The molecule has 1 atom stereocenters. The van der Waals surface area contributed by atoms with Gasteiger partial charge >= 0.3 is 0 Å². The van der Waals surface area contributed by atoms with Crippen LogP contribution in [0.3, 0.4) is 0 Å². The molecule has 0 bridgehead atoms. The van der Waals surface area contributed by atoms with Crippen LogP contribution >= 0.6 is 0 Å². The summed E-state index contributed by atoms with van der Waals surface area (Å²) in [5.74, 6) is 0. The molecule has 36 heavy (non-hydrogen) atoms. The Bertz CT molecular complexity index is 1840. The lowest BCUT2D eigenvalue weighted by molar-refractivity contribution is 0.794. The maximum Gasteiger partial charge on any atom is 0.0726 e. The molecule has 0 saturated heterocycles. The van der Waals surface area contributed by atoms with Crippen molar-refractivity contribution in [2.24, 2.45) is 0 Å². The van der Waals surface area contributed by atoms with Crippen LogP contribution in [0, 0.1) is 6.92 Å². The van der Waals surface area contributed by atoms with Gasteiger partial charge in [-0.2, -0.15) is 0 Å². The minimum Gasteiger partial charge on any atom is -0.0622 e. The molecule has 0 aliphatic heterocycles. The molecule has 2 aliphatic rings. The fourth-order valence-electron chi connectivity index (χ4n) is 6.79. The lowest BCUT2D eigenvalue weighted by Gasteiger charge is -2.31. The van der Waals surface area contributed by atoms with E-state index in [2.05, 4.69) is 134 Å². The first-order chi connectivity index (χ1) is 17.7. The Balaban J connectivity index is 1.56. The van der Waals surface area contributed by atoms with Crippen LogP contribution in [0.2, 0.25) is 0 Å². The Morgan fingerprint density at radius 1 is 0.389 bits per heavy atom. The zero-order chi connectivity index (χ0) is 23.9. The zero-order valence-corrected chi connectivity index (χ0v) is 20.1. The van der Waals surface area contributed by atoms with E-state index in [1.165, 1.54) is 72.0 Å². The molecule has 6 aromatic carbocycles. The Morgan fingerprint density at radius 3 is 1.83 bits per heavy atom. The van der Waals surface area contributed by atoms with Gasteiger partial charge in [-0.3, -0.25) is 0 Å². The van der Waals surface area contributed by atoms with Crippen LogP contribution in [0.25, 0.3) is 44.2 Å². The monoisotopic (exact) mass is 456 g/mol. The summed E-state index contributed by atoms with van der Waals surface area (Å²) >= 11 is 0. The highest BCUT2D eigenvalue weighted by Gasteiger charge is 2.51. The third kappa shape index (κ3) is 2.44. The lowest BCUT2D eigenvalue weighted by Crippen LogP contribution is -2.26. The van der Waals surface area contributed by atoms with Crippen molar-refractivity contribution in [3.05, 3.63) is 155 Å². The summed E-state index contributed by atoms with van der Waals surface area (Å²) in [6, 6.07) is 47.6. The average molecular weight is 457 g/mol. The molecule has 0 heterocycles. The number of aryl methyl sites for hydroxylation is 1. The van der Waals surface area contributed by atoms with Crippen molar-refractivity contribution in [2.45, 2.75) is 12.3 Å². The average Bonchev–Trinajstić information content (AvgIpc) is 3.38. The molecule has 0 N–H and O–H groups in total. The number of hydrogen-bond donors (Lipinski definition) is 0. The molecule has 0 radical (unpaired) electrons. The van der Waals surface area contributed by atoms with E-state index in [-0.39, 0.29) is 5.41 Å². The highest BCUT2D eigenvalue weighted by Crippen LogP contribution is 2.63. The molecule has 2 aliphatic carbocycles. The smallest absolute Gasteiger partial charge is 0.0622 e. The number of fused-ring (bicyclic) bond motifs is 11.